The molecule has 0 saturated carbocycles. The van der Waals surface area contributed by atoms with E-state index in [4.69, 9.17) is 9.94 Å². The summed E-state index contributed by atoms with van der Waals surface area (Å²) >= 11 is 0. The monoisotopic (exact) mass is 377 g/mol. The van der Waals surface area contributed by atoms with E-state index in [1.807, 2.05) is 0 Å². The topological polar surface area (TPSA) is 126 Å². The molecule has 0 spiro atoms. The number of carbonyl (C=O) groups excluding carboxylic acids is 3. The molecule has 0 aliphatic carbocycles. The first-order chi connectivity index (χ1) is 12.9. The summed E-state index contributed by atoms with van der Waals surface area (Å²) in [5, 5.41) is 17.0. The Labute approximate surface area is 157 Å². The highest BCUT2D eigenvalue weighted by atomic mass is 16.5. The number of oxime groups is 1. The Balaban J connectivity index is 2.62. The molecule has 9 nitrogen and oxygen atoms in total. The van der Waals surface area contributed by atoms with Gasteiger partial charge < -0.3 is 25.3 Å². The number of benzene rings is 1. The number of hydrogen-bond acceptors (Lipinski definition) is 7. The molecule has 1 unspecified atom stereocenters. The first-order valence-electron chi connectivity index (χ1n) is 8.10. The van der Waals surface area contributed by atoms with Crippen molar-refractivity contribution in [1.29, 1.82) is 0 Å². The predicted molar refractivity (Wildman–Crippen MR) is 98.8 cm³/mol. The summed E-state index contributed by atoms with van der Waals surface area (Å²) in [4.78, 5) is 34.6. The van der Waals surface area contributed by atoms with Gasteiger partial charge in [-0.15, -0.1) is 0 Å². The lowest BCUT2D eigenvalue weighted by molar-refractivity contribution is -0.143. The number of anilines is 1. The van der Waals surface area contributed by atoms with Crippen molar-refractivity contribution < 1.29 is 29.1 Å². The lowest BCUT2D eigenvalue weighted by Crippen LogP contribution is -2.43. The second kappa shape index (κ2) is 11.3. The Bertz CT molecular complexity index is 712. The maximum Gasteiger partial charge on any atom is 0.328 e. The number of urea groups is 1. The largest absolute Gasteiger partial charge is 0.467 e. The average Bonchev–Trinajstić information content (AvgIpc) is 2.65. The standard InChI is InChI=1S/C18H23N3O6/c1-12(21-25)14-7-9-15(10-8-14)19-18(24)20-16(17(23)26-3)6-4-5-11-27-13(2)22/h4-5,7-10,16,25H,6,11H2,1-3H3,(H2,19,20,24). The van der Waals surface area contributed by atoms with Gasteiger partial charge in [0.2, 0.25) is 0 Å². The van der Waals surface area contributed by atoms with Crippen LogP contribution in [0.1, 0.15) is 25.8 Å². The zero-order valence-electron chi connectivity index (χ0n) is 15.4. The first-order valence-corrected chi connectivity index (χ1v) is 8.10. The molecular weight excluding hydrogens is 354 g/mol. The van der Waals surface area contributed by atoms with E-state index in [0.717, 1.165) is 0 Å². The fourth-order valence-corrected chi connectivity index (χ4v) is 2.00. The maximum absolute atomic E-state index is 12.1. The Morgan fingerprint density at radius 3 is 2.41 bits per heavy atom. The number of carbonyl (C=O) groups is 3. The van der Waals surface area contributed by atoms with Gasteiger partial charge in [-0.2, -0.15) is 0 Å². The van der Waals surface area contributed by atoms with Gasteiger partial charge in [0.15, 0.2) is 0 Å². The Kier molecular flexibility index (Phi) is 9.07. The second-order valence-electron chi connectivity index (χ2n) is 5.45. The van der Waals surface area contributed by atoms with Crippen LogP contribution in [0.3, 0.4) is 0 Å². The second-order valence-corrected chi connectivity index (χ2v) is 5.45. The van der Waals surface area contributed by atoms with Gasteiger partial charge in [-0.25, -0.2) is 9.59 Å². The van der Waals surface area contributed by atoms with Crippen LogP contribution in [0.15, 0.2) is 41.6 Å². The molecule has 0 saturated heterocycles. The molecule has 0 radical (unpaired) electrons. The van der Waals surface area contributed by atoms with Crippen LogP contribution in [0.4, 0.5) is 10.5 Å². The SMILES string of the molecule is COC(=O)C(CC=CCOC(C)=O)NC(=O)Nc1ccc(C(C)=NO)cc1. The van der Waals surface area contributed by atoms with Crippen molar-refractivity contribution in [3.05, 3.63) is 42.0 Å². The van der Waals surface area contributed by atoms with Gasteiger partial charge in [0, 0.05) is 12.6 Å². The summed E-state index contributed by atoms with van der Waals surface area (Å²) in [6.45, 7) is 3.02. The highest BCUT2D eigenvalue weighted by Gasteiger charge is 2.20. The summed E-state index contributed by atoms with van der Waals surface area (Å²) < 4.78 is 9.42. The molecule has 1 aromatic rings. The van der Waals surface area contributed by atoms with E-state index in [0.29, 0.717) is 17.0 Å². The van der Waals surface area contributed by atoms with Crippen LogP contribution < -0.4 is 10.6 Å². The molecule has 0 bridgehead atoms. The molecule has 0 aliphatic heterocycles. The van der Waals surface area contributed by atoms with Gasteiger partial charge in [-0.05, 0) is 31.0 Å². The highest BCUT2D eigenvalue weighted by Crippen LogP contribution is 2.10. The Morgan fingerprint density at radius 1 is 1.19 bits per heavy atom. The van der Waals surface area contributed by atoms with Crippen molar-refractivity contribution in [1.82, 2.24) is 5.32 Å². The van der Waals surface area contributed by atoms with Crippen molar-refractivity contribution in [2.45, 2.75) is 26.3 Å². The van der Waals surface area contributed by atoms with Crippen LogP contribution in [-0.4, -0.2) is 48.6 Å². The number of ether oxygens (including phenoxy) is 2. The van der Waals surface area contributed by atoms with E-state index in [9.17, 15) is 14.4 Å². The zero-order chi connectivity index (χ0) is 20.2. The summed E-state index contributed by atoms with van der Waals surface area (Å²) in [6.07, 6.45) is 3.35. The molecule has 9 heteroatoms. The summed E-state index contributed by atoms with van der Waals surface area (Å²) in [5.74, 6) is -1.01. The normalized spacial score (nSPS) is 12.3. The molecule has 0 fully saturated rings. The van der Waals surface area contributed by atoms with Gasteiger partial charge in [0.25, 0.3) is 0 Å². The minimum Gasteiger partial charge on any atom is -0.467 e. The molecule has 1 atom stereocenters. The fourth-order valence-electron chi connectivity index (χ4n) is 2.00. The van der Waals surface area contributed by atoms with Gasteiger partial charge in [-0.3, -0.25) is 4.79 Å². The van der Waals surface area contributed by atoms with Crippen molar-refractivity contribution in [3.8, 4) is 0 Å². The maximum atomic E-state index is 12.1. The number of nitrogens with one attached hydrogen (secondary N) is 2. The molecule has 146 valence electrons. The molecule has 1 rings (SSSR count). The van der Waals surface area contributed by atoms with Crippen molar-refractivity contribution >= 4 is 29.4 Å². The third-order valence-corrected chi connectivity index (χ3v) is 3.42. The molecule has 0 aromatic heterocycles. The van der Waals surface area contributed by atoms with E-state index in [2.05, 4.69) is 20.5 Å². The van der Waals surface area contributed by atoms with E-state index in [-0.39, 0.29) is 13.0 Å². The molecule has 2 amide bonds. The number of amides is 2. The third kappa shape index (κ3) is 8.04. The minimum atomic E-state index is -0.897. The van der Waals surface area contributed by atoms with Gasteiger partial charge >= 0.3 is 18.0 Å². The van der Waals surface area contributed by atoms with Crippen LogP contribution in [0.5, 0.6) is 0 Å². The van der Waals surface area contributed by atoms with E-state index in [1.54, 1.807) is 43.3 Å². The highest BCUT2D eigenvalue weighted by molar-refractivity contribution is 5.99. The van der Waals surface area contributed by atoms with Crippen LogP contribution in [0.2, 0.25) is 0 Å². The van der Waals surface area contributed by atoms with Gasteiger partial charge in [-0.1, -0.05) is 29.4 Å². The quantitative estimate of drug-likeness (QED) is 0.209. The lowest BCUT2D eigenvalue weighted by Gasteiger charge is -2.15. The lowest BCUT2D eigenvalue weighted by atomic mass is 10.1. The molecule has 1 aromatic carbocycles. The zero-order valence-corrected chi connectivity index (χ0v) is 15.4. The number of nitrogens with zero attached hydrogens (tertiary/aromatic N) is 1. The Morgan fingerprint density at radius 2 is 1.85 bits per heavy atom. The molecule has 3 N–H and O–H groups in total. The summed E-state index contributed by atoms with van der Waals surface area (Å²) in [7, 11) is 1.22. The third-order valence-electron chi connectivity index (χ3n) is 3.42. The molecule has 0 heterocycles. The van der Waals surface area contributed by atoms with E-state index < -0.39 is 24.0 Å². The van der Waals surface area contributed by atoms with Crippen molar-refractivity contribution in [3.63, 3.8) is 0 Å². The predicted octanol–water partition coefficient (Wildman–Crippen LogP) is 2.06. The van der Waals surface area contributed by atoms with Gasteiger partial charge in [0.1, 0.15) is 12.6 Å². The summed E-state index contributed by atoms with van der Waals surface area (Å²) in [6, 6.07) is 5.15. The number of rotatable bonds is 8. The van der Waals surface area contributed by atoms with Crippen molar-refractivity contribution in [2.75, 3.05) is 19.0 Å². The first kappa shape index (κ1) is 21.7. The average molecular weight is 377 g/mol. The summed E-state index contributed by atoms with van der Waals surface area (Å²) in [5.41, 5.74) is 1.64. The number of esters is 2. The van der Waals surface area contributed by atoms with Crippen LogP contribution in [-0.2, 0) is 19.1 Å². The smallest absolute Gasteiger partial charge is 0.328 e. The number of methoxy groups -OCH3 is 1. The van der Waals surface area contributed by atoms with E-state index in [1.165, 1.54) is 14.0 Å². The van der Waals surface area contributed by atoms with Crippen LogP contribution in [0, 0.1) is 0 Å². The van der Waals surface area contributed by atoms with Crippen molar-refractivity contribution in [2.24, 2.45) is 5.16 Å². The Hall–Kier alpha value is -3.36. The number of hydrogen-bond donors (Lipinski definition) is 3. The molecule has 0 aliphatic rings. The minimum absolute atomic E-state index is 0.0817. The van der Waals surface area contributed by atoms with Crippen LogP contribution >= 0.6 is 0 Å². The molecule has 27 heavy (non-hydrogen) atoms. The van der Waals surface area contributed by atoms with E-state index >= 15 is 0 Å². The van der Waals surface area contributed by atoms with Gasteiger partial charge in [0.05, 0.1) is 12.8 Å². The van der Waals surface area contributed by atoms with Crippen LogP contribution in [0.25, 0.3) is 0 Å². The fraction of sp³-hybridized carbons (Fsp3) is 0.333. The molecular formula is C18H23N3O6.